The van der Waals surface area contributed by atoms with E-state index in [1.807, 2.05) is 6.08 Å². The van der Waals surface area contributed by atoms with E-state index in [2.05, 4.69) is 17.7 Å². The second-order valence-corrected chi connectivity index (χ2v) is 6.22. The molecule has 0 heterocycles. The predicted molar refractivity (Wildman–Crippen MR) is 94.2 cm³/mol. The molecule has 0 fully saturated rings. The van der Waals surface area contributed by atoms with Crippen molar-refractivity contribution in [3.8, 4) is 0 Å². The van der Waals surface area contributed by atoms with Crippen LogP contribution in [0.25, 0.3) is 0 Å². The zero-order valence-electron chi connectivity index (χ0n) is 15.0. The number of aliphatic hydroxyl groups excluding tert-OH is 2. The van der Waals surface area contributed by atoms with Gasteiger partial charge in [0.05, 0.1) is 19.3 Å². The quantitative estimate of drug-likeness (QED) is 0.269. The van der Waals surface area contributed by atoms with Gasteiger partial charge in [-0.05, 0) is 32.1 Å². The molecule has 0 saturated heterocycles. The number of ether oxygens (including phenoxy) is 1. The van der Waals surface area contributed by atoms with Crippen LogP contribution in [0.2, 0.25) is 0 Å². The Bertz CT molecular complexity index is 302. The second kappa shape index (κ2) is 16.0. The van der Waals surface area contributed by atoms with Gasteiger partial charge in [0.1, 0.15) is 0 Å². The maximum Gasteiger partial charge on any atom is 0.305 e. The Morgan fingerprint density at radius 1 is 0.957 bits per heavy atom. The molecule has 4 nitrogen and oxygen atoms in total. The molecule has 0 spiro atoms. The standard InChI is InChI=1S/C19H36O4/c1-3-4-5-6-8-11-14-17(20)18(21)15-12-9-7-10-13-16-19(22)23-2/h8,11,17-18,20-21H,3-7,9-10,12-16H2,1-2H3/b11-8-/t17-,18-/m1/s1. The predicted octanol–water partition coefficient (Wildman–Crippen LogP) is 4.14. The molecular formula is C19H36O4. The maximum atomic E-state index is 10.9. The van der Waals surface area contributed by atoms with Gasteiger partial charge in [0, 0.05) is 6.42 Å². The lowest BCUT2D eigenvalue weighted by Gasteiger charge is -2.16. The molecule has 23 heavy (non-hydrogen) atoms. The molecule has 2 atom stereocenters. The number of esters is 1. The smallest absolute Gasteiger partial charge is 0.305 e. The average Bonchev–Trinajstić information content (AvgIpc) is 2.56. The number of carbonyl (C=O) groups excluding carboxylic acids is 1. The van der Waals surface area contributed by atoms with E-state index in [9.17, 15) is 15.0 Å². The third kappa shape index (κ3) is 14.5. The number of allylic oxidation sites excluding steroid dienone is 1. The fourth-order valence-corrected chi connectivity index (χ4v) is 2.47. The molecule has 0 aliphatic rings. The Labute approximate surface area is 141 Å². The molecule has 0 aliphatic heterocycles. The van der Waals surface area contributed by atoms with Gasteiger partial charge in [-0.25, -0.2) is 0 Å². The lowest BCUT2D eigenvalue weighted by atomic mass is 10.0. The van der Waals surface area contributed by atoms with Crippen molar-refractivity contribution in [3.05, 3.63) is 12.2 Å². The Morgan fingerprint density at radius 2 is 1.65 bits per heavy atom. The van der Waals surface area contributed by atoms with Gasteiger partial charge in [0.25, 0.3) is 0 Å². The summed E-state index contributed by atoms with van der Waals surface area (Å²) in [7, 11) is 1.41. The highest BCUT2D eigenvalue weighted by Crippen LogP contribution is 2.12. The number of methoxy groups -OCH3 is 1. The van der Waals surface area contributed by atoms with E-state index in [4.69, 9.17) is 0 Å². The van der Waals surface area contributed by atoms with E-state index in [1.54, 1.807) is 0 Å². The number of hydrogen-bond donors (Lipinski definition) is 2. The van der Waals surface area contributed by atoms with Gasteiger partial charge in [-0.15, -0.1) is 0 Å². The van der Waals surface area contributed by atoms with E-state index in [0.29, 0.717) is 19.3 Å². The average molecular weight is 328 g/mol. The number of rotatable bonds is 15. The normalized spacial score (nSPS) is 14.1. The van der Waals surface area contributed by atoms with Gasteiger partial charge in [-0.2, -0.15) is 0 Å². The molecule has 0 saturated carbocycles. The summed E-state index contributed by atoms with van der Waals surface area (Å²) in [5.74, 6) is -0.147. The van der Waals surface area contributed by atoms with Crippen molar-refractivity contribution in [1.29, 1.82) is 0 Å². The summed E-state index contributed by atoms with van der Waals surface area (Å²) >= 11 is 0. The van der Waals surface area contributed by atoms with Crippen LogP contribution in [0.5, 0.6) is 0 Å². The van der Waals surface area contributed by atoms with E-state index in [1.165, 1.54) is 26.4 Å². The van der Waals surface area contributed by atoms with Crippen molar-refractivity contribution in [3.63, 3.8) is 0 Å². The summed E-state index contributed by atoms with van der Waals surface area (Å²) in [6, 6.07) is 0. The Kier molecular flexibility index (Phi) is 15.4. The molecule has 0 aliphatic carbocycles. The molecule has 0 aromatic heterocycles. The molecule has 0 amide bonds. The highest BCUT2D eigenvalue weighted by atomic mass is 16.5. The highest BCUT2D eigenvalue weighted by molar-refractivity contribution is 5.68. The summed E-state index contributed by atoms with van der Waals surface area (Å²) < 4.78 is 4.59. The van der Waals surface area contributed by atoms with Crippen LogP contribution < -0.4 is 0 Å². The summed E-state index contributed by atoms with van der Waals surface area (Å²) in [5.41, 5.74) is 0. The number of hydrogen-bond acceptors (Lipinski definition) is 4. The topological polar surface area (TPSA) is 66.8 Å². The van der Waals surface area contributed by atoms with Gasteiger partial charge >= 0.3 is 5.97 Å². The van der Waals surface area contributed by atoms with Crippen LogP contribution in [-0.2, 0) is 9.53 Å². The van der Waals surface area contributed by atoms with E-state index >= 15 is 0 Å². The second-order valence-electron chi connectivity index (χ2n) is 6.22. The van der Waals surface area contributed by atoms with Crippen LogP contribution in [0, 0.1) is 0 Å². The molecule has 0 radical (unpaired) electrons. The van der Waals surface area contributed by atoms with Gasteiger partial charge < -0.3 is 14.9 Å². The number of aliphatic hydroxyl groups is 2. The minimum atomic E-state index is -0.656. The molecule has 0 unspecified atom stereocenters. The first-order chi connectivity index (χ1) is 11.1. The summed E-state index contributed by atoms with van der Waals surface area (Å²) in [6.07, 6.45) is 14.0. The first kappa shape index (κ1) is 22.1. The summed E-state index contributed by atoms with van der Waals surface area (Å²) in [4.78, 5) is 10.9. The van der Waals surface area contributed by atoms with Gasteiger partial charge in [-0.1, -0.05) is 57.6 Å². The van der Waals surface area contributed by atoms with E-state index in [0.717, 1.165) is 38.5 Å². The molecular weight excluding hydrogens is 292 g/mol. The SMILES string of the molecule is CCCCC/C=C\C[C@@H](O)[C@H](O)CCCCCCCC(=O)OC. The zero-order chi connectivity index (χ0) is 17.3. The Hall–Kier alpha value is -0.870. The number of carbonyl (C=O) groups is 1. The molecule has 2 N–H and O–H groups in total. The Morgan fingerprint density at radius 3 is 2.35 bits per heavy atom. The van der Waals surface area contributed by atoms with Crippen LogP contribution in [0.3, 0.4) is 0 Å². The van der Waals surface area contributed by atoms with Crippen molar-refractivity contribution in [2.45, 2.75) is 96.2 Å². The zero-order valence-corrected chi connectivity index (χ0v) is 15.0. The fraction of sp³-hybridized carbons (Fsp3) is 0.842. The van der Waals surface area contributed by atoms with Gasteiger partial charge in [0.2, 0.25) is 0 Å². The minimum absolute atomic E-state index is 0.147. The van der Waals surface area contributed by atoms with Crippen molar-refractivity contribution in [2.24, 2.45) is 0 Å². The monoisotopic (exact) mass is 328 g/mol. The molecule has 4 heteroatoms. The molecule has 0 rings (SSSR count). The lowest BCUT2D eigenvalue weighted by molar-refractivity contribution is -0.140. The van der Waals surface area contributed by atoms with Crippen molar-refractivity contribution in [1.82, 2.24) is 0 Å². The first-order valence-electron chi connectivity index (χ1n) is 9.19. The Balaban J connectivity index is 3.50. The van der Waals surface area contributed by atoms with Crippen molar-refractivity contribution >= 4 is 5.97 Å². The fourth-order valence-electron chi connectivity index (χ4n) is 2.47. The van der Waals surface area contributed by atoms with Crippen LogP contribution in [-0.4, -0.2) is 35.5 Å². The molecule has 0 bridgehead atoms. The number of unbranched alkanes of at least 4 members (excludes halogenated alkanes) is 7. The summed E-state index contributed by atoms with van der Waals surface area (Å²) in [5, 5.41) is 19.8. The van der Waals surface area contributed by atoms with Gasteiger partial charge in [0.15, 0.2) is 0 Å². The largest absolute Gasteiger partial charge is 0.469 e. The third-order valence-electron chi connectivity index (χ3n) is 4.07. The lowest BCUT2D eigenvalue weighted by Crippen LogP contribution is -2.25. The molecule has 0 aromatic rings. The van der Waals surface area contributed by atoms with Crippen molar-refractivity contribution < 1.29 is 19.7 Å². The highest BCUT2D eigenvalue weighted by Gasteiger charge is 2.13. The van der Waals surface area contributed by atoms with Crippen LogP contribution >= 0.6 is 0 Å². The van der Waals surface area contributed by atoms with Crippen LogP contribution in [0.4, 0.5) is 0 Å². The third-order valence-corrected chi connectivity index (χ3v) is 4.07. The summed E-state index contributed by atoms with van der Waals surface area (Å²) in [6.45, 7) is 2.18. The van der Waals surface area contributed by atoms with Crippen LogP contribution in [0.15, 0.2) is 12.2 Å². The van der Waals surface area contributed by atoms with E-state index in [-0.39, 0.29) is 5.97 Å². The van der Waals surface area contributed by atoms with Gasteiger partial charge in [-0.3, -0.25) is 4.79 Å². The molecule has 0 aromatic carbocycles. The van der Waals surface area contributed by atoms with Crippen LogP contribution in [0.1, 0.15) is 84.0 Å². The molecule has 136 valence electrons. The van der Waals surface area contributed by atoms with E-state index < -0.39 is 12.2 Å². The maximum absolute atomic E-state index is 10.9. The first-order valence-corrected chi connectivity index (χ1v) is 9.19. The van der Waals surface area contributed by atoms with Crippen molar-refractivity contribution in [2.75, 3.05) is 7.11 Å². The minimum Gasteiger partial charge on any atom is -0.469 e.